The molecule has 3 nitrogen and oxygen atoms in total. The molecule has 0 bridgehead atoms. The predicted octanol–water partition coefficient (Wildman–Crippen LogP) is 4.86. The topological polar surface area (TPSA) is 57.5 Å². The van der Waals surface area contributed by atoms with Gasteiger partial charge in [0.2, 0.25) is 0 Å². The molecule has 0 heterocycles. The van der Waals surface area contributed by atoms with Crippen LogP contribution in [0, 0.1) is 0 Å². The Balaban J connectivity index is 0.000000290. The van der Waals surface area contributed by atoms with Crippen molar-refractivity contribution >= 4 is 12.9 Å². The number of allylic oxidation sites excluding steroid dienone is 1. The average molecular weight is 334 g/mol. The summed E-state index contributed by atoms with van der Waals surface area (Å²) < 4.78 is 0. The minimum atomic E-state index is 0.322. The molecule has 0 saturated carbocycles. The van der Waals surface area contributed by atoms with E-state index in [1.807, 2.05) is 49.3 Å². The molecule has 3 aromatic rings. The highest BCUT2D eigenvalue weighted by atomic mass is 16.3. The molecule has 0 saturated heterocycles. The first-order chi connectivity index (χ1) is 12.3. The second-order valence-corrected chi connectivity index (χ2v) is 4.98. The van der Waals surface area contributed by atoms with Crippen LogP contribution in [0.1, 0.15) is 11.1 Å². The van der Waals surface area contributed by atoms with E-state index < -0.39 is 0 Å². The SMILES string of the molecule is C=O.Oc1ccccc1.Oc1ccccc1CC=Cc1ccccc1. The summed E-state index contributed by atoms with van der Waals surface area (Å²) in [5.74, 6) is 0.683. The van der Waals surface area contributed by atoms with E-state index in [1.165, 1.54) is 5.56 Å². The summed E-state index contributed by atoms with van der Waals surface area (Å²) in [5, 5.41) is 18.2. The zero-order chi connectivity index (χ0) is 18.3. The molecule has 0 amide bonds. The van der Waals surface area contributed by atoms with Crippen molar-refractivity contribution < 1.29 is 15.0 Å². The number of para-hydroxylation sites is 2. The van der Waals surface area contributed by atoms with Crippen molar-refractivity contribution in [3.63, 3.8) is 0 Å². The fourth-order valence-electron chi connectivity index (χ4n) is 2.00. The van der Waals surface area contributed by atoms with Gasteiger partial charge in [-0.15, -0.1) is 0 Å². The van der Waals surface area contributed by atoms with E-state index in [2.05, 4.69) is 24.3 Å². The van der Waals surface area contributed by atoms with Crippen LogP contribution in [0.3, 0.4) is 0 Å². The van der Waals surface area contributed by atoms with Crippen LogP contribution >= 0.6 is 0 Å². The number of carbonyl (C=O) groups excluding carboxylic acids is 1. The average Bonchev–Trinajstić information content (AvgIpc) is 2.67. The van der Waals surface area contributed by atoms with Gasteiger partial charge in [-0.1, -0.05) is 78.9 Å². The lowest BCUT2D eigenvalue weighted by molar-refractivity contribution is -0.0979. The molecule has 0 aliphatic heterocycles. The predicted molar refractivity (Wildman–Crippen MR) is 103 cm³/mol. The zero-order valence-corrected chi connectivity index (χ0v) is 14.0. The molecular weight excluding hydrogens is 312 g/mol. The largest absolute Gasteiger partial charge is 0.508 e. The smallest absolute Gasteiger partial charge is 0.119 e. The lowest BCUT2D eigenvalue weighted by atomic mass is 10.1. The molecule has 2 N–H and O–H groups in total. The minimum Gasteiger partial charge on any atom is -0.508 e. The first kappa shape index (κ1) is 19.7. The molecule has 0 atom stereocenters. The van der Waals surface area contributed by atoms with E-state index in [-0.39, 0.29) is 0 Å². The first-order valence-electron chi connectivity index (χ1n) is 7.77. The zero-order valence-electron chi connectivity index (χ0n) is 14.0. The maximum absolute atomic E-state index is 9.57. The number of rotatable bonds is 3. The van der Waals surface area contributed by atoms with Crippen LogP contribution in [-0.4, -0.2) is 17.0 Å². The van der Waals surface area contributed by atoms with Gasteiger partial charge in [0.25, 0.3) is 0 Å². The summed E-state index contributed by atoms with van der Waals surface area (Å²) in [6.07, 6.45) is 4.87. The van der Waals surface area contributed by atoms with E-state index in [1.54, 1.807) is 30.3 Å². The Bertz CT molecular complexity index is 737. The molecule has 3 rings (SSSR count). The van der Waals surface area contributed by atoms with Crippen LogP contribution in [0.4, 0.5) is 0 Å². The van der Waals surface area contributed by atoms with Crippen LogP contribution < -0.4 is 0 Å². The number of carbonyl (C=O) groups is 1. The molecule has 128 valence electrons. The van der Waals surface area contributed by atoms with Gasteiger partial charge < -0.3 is 15.0 Å². The Morgan fingerprint density at radius 1 is 0.720 bits per heavy atom. The number of phenols is 2. The quantitative estimate of drug-likeness (QED) is 0.719. The molecular formula is C22H22O3. The van der Waals surface area contributed by atoms with Gasteiger partial charge in [-0.2, -0.15) is 0 Å². The molecule has 0 spiro atoms. The van der Waals surface area contributed by atoms with Crippen LogP contribution in [0.5, 0.6) is 11.5 Å². The van der Waals surface area contributed by atoms with Crippen molar-refractivity contribution in [1.29, 1.82) is 0 Å². The Kier molecular flexibility index (Phi) is 9.57. The van der Waals surface area contributed by atoms with Gasteiger partial charge in [0.15, 0.2) is 0 Å². The van der Waals surface area contributed by atoms with Crippen molar-refractivity contribution in [2.45, 2.75) is 6.42 Å². The molecule has 25 heavy (non-hydrogen) atoms. The molecule has 0 fully saturated rings. The lowest BCUT2D eigenvalue weighted by Crippen LogP contribution is -1.81. The van der Waals surface area contributed by atoms with Crippen LogP contribution in [0.2, 0.25) is 0 Å². The number of aromatic hydroxyl groups is 2. The van der Waals surface area contributed by atoms with Crippen LogP contribution in [-0.2, 0) is 11.2 Å². The molecule has 3 heteroatoms. The van der Waals surface area contributed by atoms with Gasteiger partial charge in [0, 0.05) is 0 Å². The lowest BCUT2D eigenvalue weighted by Gasteiger charge is -1.99. The van der Waals surface area contributed by atoms with Gasteiger partial charge in [-0.25, -0.2) is 0 Å². The minimum absolute atomic E-state index is 0.322. The van der Waals surface area contributed by atoms with Crippen LogP contribution in [0.25, 0.3) is 6.08 Å². The molecule has 0 aromatic heterocycles. The highest BCUT2D eigenvalue weighted by molar-refractivity contribution is 5.49. The Labute approximate surface area is 148 Å². The van der Waals surface area contributed by atoms with E-state index in [0.717, 1.165) is 12.0 Å². The van der Waals surface area contributed by atoms with Gasteiger partial charge in [0.05, 0.1) is 0 Å². The Morgan fingerprint density at radius 2 is 1.24 bits per heavy atom. The molecule has 0 unspecified atom stereocenters. The van der Waals surface area contributed by atoms with Crippen molar-refractivity contribution in [3.8, 4) is 11.5 Å². The Morgan fingerprint density at radius 3 is 1.76 bits per heavy atom. The van der Waals surface area contributed by atoms with Gasteiger partial charge in [0.1, 0.15) is 18.3 Å². The third-order valence-corrected chi connectivity index (χ3v) is 3.20. The van der Waals surface area contributed by atoms with E-state index in [0.29, 0.717) is 11.5 Å². The number of benzene rings is 3. The molecule has 0 aliphatic carbocycles. The van der Waals surface area contributed by atoms with E-state index in [9.17, 15) is 5.11 Å². The molecule has 3 aromatic carbocycles. The maximum atomic E-state index is 9.57. The van der Waals surface area contributed by atoms with Crippen molar-refractivity contribution in [3.05, 3.63) is 102 Å². The second-order valence-electron chi connectivity index (χ2n) is 4.98. The van der Waals surface area contributed by atoms with Gasteiger partial charge >= 0.3 is 0 Å². The summed E-state index contributed by atoms with van der Waals surface area (Å²) >= 11 is 0. The summed E-state index contributed by atoms with van der Waals surface area (Å²) in [5.41, 5.74) is 2.13. The van der Waals surface area contributed by atoms with Gasteiger partial charge in [-0.05, 0) is 35.7 Å². The third kappa shape index (κ3) is 8.18. The van der Waals surface area contributed by atoms with Crippen molar-refractivity contribution in [1.82, 2.24) is 0 Å². The van der Waals surface area contributed by atoms with Crippen LogP contribution in [0.15, 0.2) is 91.0 Å². The number of phenolic OH excluding ortho intramolecular Hbond substituents is 2. The maximum Gasteiger partial charge on any atom is 0.119 e. The molecule has 0 radical (unpaired) electrons. The van der Waals surface area contributed by atoms with Crippen molar-refractivity contribution in [2.24, 2.45) is 0 Å². The standard InChI is InChI=1S/C15H14O.C6H6O.CH2O/c16-15-12-5-4-10-14(15)11-6-9-13-7-2-1-3-8-13;7-6-4-2-1-3-5-6;1-2/h1-10,12,16H,11H2;1-5,7H;1H2. The fourth-order valence-corrected chi connectivity index (χ4v) is 2.00. The summed E-state index contributed by atoms with van der Waals surface area (Å²) in [7, 11) is 0. The van der Waals surface area contributed by atoms with Gasteiger partial charge in [-0.3, -0.25) is 0 Å². The number of hydrogen-bond acceptors (Lipinski definition) is 3. The van der Waals surface area contributed by atoms with Crippen molar-refractivity contribution in [2.75, 3.05) is 0 Å². The Hall–Kier alpha value is -3.33. The third-order valence-electron chi connectivity index (χ3n) is 3.20. The normalized spacial score (nSPS) is 9.44. The van der Waals surface area contributed by atoms with E-state index >= 15 is 0 Å². The van der Waals surface area contributed by atoms with E-state index in [4.69, 9.17) is 9.90 Å². The monoisotopic (exact) mass is 334 g/mol. The number of hydrogen-bond donors (Lipinski definition) is 2. The summed E-state index contributed by atoms with van der Waals surface area (Å²) in [4.78, 5) is 8.00. The summed E-state index contributed by atoms with van der Waals surface area (Å²) in [6.45, 7) is 2.00. The first-order valence-corrected chi connectivity index (χ1v) is 7.77. The highest BCUT2D eigenvalue weighted by Crippen LogP contribution is 2.16. The second kappa shape index (κ2) is 12.1. The fraction of sp³-hybridized carbons (Fsp3) is 0.0455. The summed E-state index contributed by atoms with van der Waals surface area (Å²) in [6, 6.07) is 26.3. The molecule has 0 aliphatic rings. The highest BCUT2D eigenvalue weighted by Gasteiger charge is 1.95.